The van der Waals surface area contributed by atoms with Gasteiger partial charge in [-0.15, -0.1) is 16.4 Å². The van der Waals surface area contributed by atoms with Crippen molar-refractivity contribution >= 4 is 41.1 Å². The number of hydrogen-bond acceptors (Lipinski definition) is 8. The largest absolute Gasteiger partial charge is 0.493 e. The lowest BCUT2D eigenvalue weighted by atomic mass is 9.72. The molecule has 2 aromatic heterocycles. The second-order valence-electron chi connectivity index (χ2n) is 12.1. The number of hydrogen-bond donors (Lipinski definition) is 1. The number of halogens is 3. The van der Waals surface area contributed by atoms with Gasteiger partial charge >= 0.3 is 18.2 Å². The molecule has 4 aliphatic heterocycles. The van der Waals surface area contributed by atoms with Crippen molar-refractivity contribution in [2.45, 2.75) is 38.4 Å². The van der Waals surface area contributed by atoms with Crippen LogP contribution in [0, 0.1) is 5.41 Å². The number of fused-ring (bicyclic) bond motifs is 1. The fourth-order valence-electron chi connectivity index (χ4n) is 6.37. The van der Waals surface area contributed by atoms with Gasteiger partial charge < -0.3 is 24.9 Å². The molecule has 1 N–H and O–H groups in total. The second kappa shape index (κ2) is 12.9. The number of thiophene rings is 1. The summed E-state index contributed by atoms with van der Waals surface area (Å²) in [6.07, 6.45) is 5.03. The van der Waals surface area contributed by atoms with E-state index in [1.165, 1.54) is 27.6 Å². The number of nitrogens with one attached hydrogen (secondary N) is 1. The van der Waals surface area contributed by atoms with Crippen LogP contribution in [0.15, 0.2) is 47.5 Å². The van der Waals surface area contributed by atoms with E-state index in [-0.39, 0.29) is 30.2 Å². The lowest BCUT2D eigenvalue weighted by molar-refractivity contribution is -0.200. The summed E-state index contributed by atoms with van der Waals surface area (Å²) in [6.45, 7) is 5.75. The van der Waals surface area contributed by atoms with Crippen LogP contribution in [-0.4, -0.2) is 96.1 Å². The van der Waals surface area contributed by atoms with E-state index in [0.717, 1.165) is 51.9 Å². The number of urea groups is 1. The van der Waals surface area contributed by atoms with E-state index < -0.39 is 18.2 Å². The van der Waals surface area contributed by atoms with Crippen molar-refractivity contribution in [2.75, 3.05) is 57.4 Å². The van der Waals surface area contributed by atoms with Crippen LogP contribution in [0.4, 0.5) is 23.8 Å². The molecule has 0 bridgehead atoms. The Bertz CT molecular complexity index is 1480. The van der Waals surface area contributed by atoms with Crippen molar-refractivity contribution in [3.8, 4) is 0 Å². The number of carbonyl (C=O) groups excluding carboxylic acids is 3. The number of amides is 3. The quantitative estimate of drug-likeness (QED) is 0.343. The van der Waals surface area contributed by atoms with Crippen LogP contribution in [0.3, 0.4) is 0 Å². The minimum atomic E-state index is -5.29. The van der Waals surface area contributed by atoms with Crippen molar-refractivity contribution in [3.63, 3.8) is 0 Å². The summed E-state index contributed by atoms with van der Waals surface area (Å²) < 4.78 is 39.2. The molecule has 0 aromatic carbocycles. The van der Waals surface area contributed by atoms with Gasteiger partial charge in [0.2, 0.25) is 5.91 Å². The molecule has 0 saturated carbocycles. The first-order valence-corrected chi connectivity index (χ1v) is 15.9. The van der Waals surface area contributed by atoms with Gasteiger partial charge in [0, 0.05) is 68.4 Å². The number of likely N-dealkylation sites (tertiary alicyclic amines) is 1. The normalized spacial score (nSPS) is 20.3. The first-order valence-electron chi connectivity index (χ1n) is 15.1. The molecule has 3 amide bonds. The average molecular weight is 645 g/mol. The fraction of sp³-hybridized carbons (Fsp3) is 0.484. The van der Waals surface area contributed by atoms with Crippen LogP contribution in [0.2, 0.25) is 0 Å². The molecule has 0 unspecified atom stereocenters. The third-order valence-electron chi connectivity index (χ3n) is 8.85. The molecule has 2 aromatic rings. The zero-order valence-corrected chi connectivity index (χ0v) is 25.5. The Hall–Kier alpha value is -3.75. The molecule has 6 rings (SSSR count). The standard InChI is InChI=1S/C31H35F3N6O4S/c32-31(33,34)28(42)44-40-27-24(19-39(29(40)43)14-13-37-20-30(21-37)7-9-35-10-8-30)16-23(18-36-27)3-4-26(41)38-11-5-22(6-12-38)17-25-2-1-15-45-25/h1-5,15-16,18,35H,6-14,17,19-21H2/b4-3+. The van der Waals surface area contributed by atoms with Crippen LogP contribution in [0.1, 0.15) is 35.3 Å². The van der Waals surface area contributed by atoms with E-state index in [1.54, 1.807) is 28.4 Å². The first kappa shape index (κ1) is 31.2. The van der Waals surface area contributed by atoms with Crippen LogP contribution < -0.4 is 10.4 Å². The van der Waals surface area contributed by atoms with Gasteiger partial charge in [0.25, 0.3) is 0 Å². The van der Waals surface area contributed by atoms with Gasteiger partial charge in [0.1, 0.15) is 0 Å². The SMILES string of the molecule is O=C(/C=C/c1cnc2c(c1)CN(CCN1CC3(CCNCC3)C1)C(=O)N2OC(=O)C(F)(F)F)N1CC=C(Cc2cccs2)CC1. The summed E-state index contributed by atoms with van der Waals surface area (Å²) >= 11 is 1.71. The zero-order valence-electron chi connectivity index (χ0n) is 24.7. The van der Waals surface area contributed by atoms with Gasteiger partial charge in [-0.3, -0.25) is 4.79 Å². The number of pyridine rings is 1. The summed E-state index contributed by atoms with van der Waals surface area (Å²) in [7, 11) is 0. The average Bonchev–Trinajstić information content (AvgIpc) is 3.52. The molecule has 6 heterocycles. The Balaban J connectivity index is 1.12. The Morgan fingerprint density at radius 2 is 1.98 bits per heavy atom. The monoisotopic (exact) mass is 644 g/mol. The maximum absolute atomic E-state index is 13.2. The molecule has 2 saturated heterocycles. The van der Waals surface area contributed by atoms with E-state index in [2.05, 4.69) is 32.2 Å². The van der Waals surface area contributed by atoms with Crippen molar-refractivity contribution in [2.24, 2.45) is 5.41 Å². The number of rotatable bonds is 8. The number of nitrogens with zero attached hydrogens (tertiary/aromatic N) is 5. The van der Waals surface area contributed by atoms with Crippen molar-refractivity contribution in [1.82, 2.24) is 25.0 Å². The molecular weight excluding hydrogens is 609 g/mol. The summed E-state index contributed by atoms with van der Waals surface area (Å²) in [4.78, 5) is 53.2. The summed E-state index contributed by atoms with van der Waals surface area (Å²) in [5.41, 5.74) is 2.52. The van der Waals surface area contributed by atoms with Gasteiger partial charge in [-0.25, -0.2) is 14.6 Å². The Labute approximate surface area is 263 Å². The van der Waals surface area contributed by atoms with Crippen molar-refractivity contribution < 1.29 is 32.4 Å². The molecule has 1 spiro atoms. The predicted octanol–water partition coefficient (Wildman–Crippen LogP) is 4.01. The number of hydroxylamine groups is 1. The fourth-order valence-corrected chi connectivity index (χ4v) is 7.13. The highest BCUT2D eigenvalue weighted by Gasteiger charge is 2.46. The van der Waals surface area contributed by atoms with Crippen LogP contribution in [0.25, 0.3) is 6.08 Å². The highest BCUT2D eigenvalue weighted by Crippen LogP contribution is 2.38. The lowest BCUT2D eigenvalue weighted by Crippen LogP contribution is -2.61. The molecule has 0 radical (unpaired) electrons. The van der Waals surface area contributed by atoms with Crippen LogP contribution in [0.5, 0.6) is 0 Å². The van der Waals surface area contributed by atoms with Crippen molar-refractivity contribution in [1.29, 1.82) is 0 Å². The molecule has 14 heteroatoms. The Morgan fingerprint density at radius 1 is 1.18 bits per heavy atom. The van der Waals surface area contributed by atoms with Crippen molar-refractivity contribution in [3.05, 3.63) is 63.5 Å². The maximum Gasteiger partial charge on any atom is 0.493 e. The maximum atomic E-state index is 13.2. The van der Waals surface area contributed by atoms with Gasteiger partial charge in [0.05, 0.1) is 6.54 Å². The molecule has 0 atom stereocenters. The van der Waals surface area contributed by atoms with Gasteiger partial charge in [-0.1, -0.05) is 17.7 Å². The van der Waals surface area contributed by atoms with E-state index in [9.17, 15) is 27.6 Å². The van der Waals surface area contributed by atoms with Gasteiger partial charge in [-0.2, -0.15) is 13.2 Å². The Morgan fingerprint density at radius 3 is 2.67 bits per heavy atom. The molecular formula is C31H35F3N6O4S. The number of piperidine rings is 1. The second-order valence-corrected chi connectivity index (χ2v) is 13.1. The molecule has 240 valence electrons. The molecule has 45 heavy (non-hydrogen) atoms. The predicted molar refractivity (Wildman–Crippen MR) is 162 cm³/mol. The number of carbonyl (C=O) groups is 3. The van der Waals surface area contributed by atoms with Gasteiger partial charge in [0.15, 0.2) is 5.82 Å². The topological polar surface area (TPSA) is 98.3 Å². The summed E-state index contributed by atoms with van der Waals surface area (Å²) in [5.74, 6) is -2.86. The molecule has 0 aliphatic carbocycles. The summed E-state index contributed by atoms with van der Waals surface area (Å²) in [5, 5.41) is 5.74. The molecule has 10 nitrogen and oxygen atoms in total. The number of aromatic nitrogens is 1. The number of alkyl halides is 3. The highest BCUT2D eigenvalue weighted by molar-refractivity contribution is 7.09. The van der Waals surface area contributed by atoms with Crippen LogP contribution >= 0.6 is 11.3 Å². The molecule has 4 aliphatic rings. The summed E-state index contributed by atoms with van der Waals surface area (Å²) in [6, 6.07) is 4.88. The number of anilines is 1. The third-order valence-corrected chi connectivity index (χ3v) is 9.73. The zero-order chi connectivity index (χ0) is 31.6. The minimum absolute atomic E-state index is 0.0731. The minimum Gasteiger partial charge on any atom is -0.335 e. The third kappa shape index (κ3) is 7.23. The lowest BCUT2D eigenvalue weighted by Gasteiger charge is -2.53. The molecule has 2 fully saturated rings. The Kier molecular flexibility index (Phi) is 8.98. The first-order chi connectivity index (χ1) is 21.6. The van der Waals surface area contributed by atoms with E-state index in [0.29, 0.717) is 35.8 Å². The van der Waals surface area contributed by atoms with Gasteiger partial charge in [-0.05, 0) is 66.9 Å². The highest BCUT2D eigenvalue weighted by atomic mass is 32.1. The van der Waals surface area contributed by atoms with E-state index in [1.807, 2.05) is 11.4 Å². The van der Waals surface area contributed by atoms with E-state index >= 15 is 0 Å². The van der Waals surface area contributed by atoms with Crippen LogP contribution in [-0.2, 0) is 27.4 Å². The smallest absolute Gasteiger partial charge is 0.335 e. The van der Waals surface area contributed by atoms with E-state index in [4.69, 9.17) is 0 Å².